The Hall–Kier alpha value is -3.35. The third-order valence-corrected chi connectivity index (χ3v) is 5.56. The molecule has 1 aliphatic heterocycles. The topological polar surface area (TPSA) is 80.5 Å². The number of amides is 1. The zero-order valence-corrected chi connectivity index (χ0v) is 17.3. The maximum absolute atomic E-state index is 12.6. The molecule has 1 fully saturated rings. The van der Waals surface area contributed by atoms with E-state index in [1.54, 1.807) is 7.11 Å². The lowest BCUT2D eigenvalue weighted by Crippen LogP contribution is -2.40. The number of carbonyl (C=O) groups excluding carboxylic acids is 1. The fourth-order valence-electron chi connectivity index (χ4n) is 3.69. The van der Waals surface area contributed by atoms with Crippen LogP contribution in [0, 0.1) is 12.8 Å². The second-order valence-corrected chi connectivity index (χ2v) is 7.54. The van der Waals surface area contributed by atoms with Crippen LogP contribution in [0.25, 0.3) is 11.4 Å². The standard InChI is InChI=1S/C23H26N4O3/c1-16-5-3-4-6-20(16)21-25-23(30-26-21)27-13-11-18(12-14-27)22(28)24-15-17-7-9-19(29-2)10-8-17/h3-10,18H,11-15H2,1-2H3,(H,24,28). The van der Waals surface area contributed by atoms with Crippen LogP contribution in [0.3, 0.4) is 0 Å². The van der Waals surface area contributed by atoms with Gasteiger partial charge < -0.3 is 19.5 Å². The van der Waals surface area contributed by atoms with Gasteiger partial charge in [-0.1, -0.05) is 41.6 Å². The monoisotopic (exact) mass is 406 g/mol. The summed E-state index contributed by atoms with van der Waals surface area (Å²) in [5, 5.41) is 7.18. The molecule has 0 radical (unpaired) electrons. The number of rotatable bonds is 6. The van der Waals surface area contributed by atoms with Crippen molar-refractivity contribution in [2.24, 2.45) is 5.92 Å². The lowest BCUT2D eigenvalue weighted by Gasteiger charge is -2.29. The number of nitrogens with zero attached hydrogens (tertiary/aromatic N) is 3. The molecule has 7 nitrogen and oxygen atoms in total. The predicted octanol–water partition coefficient (Wildman–Crippen LogP) is 3.59. The van der Waals surface area contributed by atoms with Crippen molar-refractivity contribution < 1.29 is 14.1 Å². The number of anilines is 1. The number of benzene rings is 2. The molecule has 1 aliphatic rings. The first-order valence-corrected chi connectivity index (χ1v) is 10.2. The van der Waals surface area contributed by atoms with Gasteiger partial charge in [-0.05, 0) is 43.0 Å². The summed E-state index contributed by atoms with van der Waals surface area (Å²) in [7, 11) is 1.64. The Morgan fingerprint density at radius 2 is 1.90 bits per heavy atom. The number of aromatic nitrogens is 2. The van der Waals surface area contributed by atoms with E-state index < -0.39 is 0 Å². The van der Waals surface area contributed by atoms with Crippen LogP contribution in [0.4, 0.5) is 6.01 Å². The lowest BCUT2D eigenvalue weighted by atomic mass is 9.96. The maximum atomic E-state index is 12.6. The normalized spacial score (nSPS) is 14.5. The van der Waals surface area contributed by atoms with E-state index in [-0.39, 0.29) is 11.8 Å². The number of aryl methyl sites for hydroxylation is 1. The summed E-state index contributed by atoms with van der Waals surface area (Å²) in [6.07, 6.45) is 1.52. The van der Waals surface area contributed by atoms with E-state index in [2.05, 4.69) is 20.4 Å². The minimum atomic E-state index is -0.00161. The van der Waals surface area contributed by atoms with E-state index in [9.17, 15) is 4.79 Å². The number of ether oxygens (including phenoxy) is 1. The molecule has 30 heavy (non-hydrogen) atoms. The molecule has 1 N–H and O–H groups in total. The summed E-state index contributed by atoms with van der Waals surface area (Å²) in [4.78, 5) is 19.2. The van der Waals surface area contributed by atoms with Crippen LogP contribution in [0.5, 0.6) is 5.75 Å². The Labute approximate surface area is 176 Å². The van der Waals surface area contributed by atoms with E-state index in [0.717, 1.165) is 48.4 Å². The highest BCUT2D eigenvalue weighted by molar-refractivity contribution is 5.79. The van der Waals surface area contributed by atoms with Gasteiger partial charge in [-0.25, -0.2) is 0 Å². The molecule has 2 aromatic carbocycles. The molecule has 0 spiro atoms. The zero-order chi connectivity index (χ0) is 20.9. The van der Waals surface area contributed by atoms with Crippen LogP contribution in [0.15, 0.2) is 53.1 Å². The SMILES string of the molecule is COc1ccc(CNC(=O)C2CCN(c3nc(-c4ccccc4C)no3)CC2)cc1. The van der Waals surface area contributed by atoms with E-state index in [0.29, 0.717) is 18.4 Å². The van der Waals surface area contributed by atoms with Crippen LogP contribution in [0.2, 0.25) is 0 Å². The van der Waals surface area contributed by atoms with E-state index in [4.69, 9.17) is 9.26 Å². The molecule has 3 aromatic rings. The molecule has 1 saturated heterocycles. The molecule has 2 heterocycles. The minimum Gasteiger partial charge on any atom is -0.497 e. The summed E-state index contributed by atoms with van der Waals surface area (Å²) in [5.41, 5.74) is 3.13. The summed E-state index contributed by atoms with van der Waals surface area (Å²) in [6.45, 7) is 3.99. The van der Waals surface area contributed by atoms with Gasteiger partial charge in [0.25, 0.3) is 0 Å². The average Bonchev–Trinajstić information content (AvgIpc) is 3.28. The van der Waals surface area contributed by atoms with Crippen molar-refractivity contribution in [1.82, 2.24) is 15.5 Å². The summed E-state index contributed by atoms with van der Waals surface area (Å²) < 4.78 is 10.6. The van der Waals surface area contributed by atoms with Crippen molar-refractivity contribution in [2.45, 2.75) is 26.3 Å². The lowest BCUT2D eigenvalue weighted by molar-refractivity contribution is -0.125. The smallest absolute Gasteiger partial charge is 0.324 e. The van der Waals surface area contributed by atoms with Gasteiger partial charge >= 0.3 is 6.01 Å². The molecule has 0 unspecified atom stereocenters. The summed E-state index contributed by atoms with van der Waals surface area (Å²) in [5.74, 6) is 1.50. The first-order chi connectivity index (χ1) is 14.6. The van der Waals surface area contributed by atoms with Crippen LogP contribution >= 0.6 is 0 Å². The molecule has 1 aromatic heterocycles. The minimum absolute atomic E-state index is 0.00161. The Morgan fingerprint density at radius 1 is 1.17 bits per heavy atom. The molecule has 4 rings (SSSR count). The van der Waals surface area contributed by atoms with Gasteiger partial charge in [0, 0.05) is 31.1 Å². The van der Waals surface area contributed by atoms with Crippen molar-refractivity contribution >= 4 is 11.9 Å². The molecule has 7 heteroatoms. The number of hydrogen-bond donors (Lipinski definition) is 1. The summed E-state index contributed by atoms with van der Waals surface area (Å²) in [6, 6.07) is 16.2. The highest BCUT2D eigenvalue weighted by Gasteiger charge is 2.27. The van der Waals surface area contributed by atoms with Crippen LogP contribution in [-0.4, -0.2) is 36.2 Å². The second-order valence-electron chi connectivity index (χ2n) is 7.54. The van der Waals surface area contributed by atoms with Crippen LogP contribution in [-0.2, 0) is 11.3 Å². The quantitative estimate of drug-likeness (QED) is 0.674. The number of piperidine rings is 1. The van der Waals surface area contributed by atoms with Gasteiger partial charge in [0.1, 0.15) is 5.75 Å². The highest BCUT2D eigenvalue weighted by Crippen LogP contribution is 2.26. The van der Waals surface area contributed by atoms with Crippen molar-refractivity contribution in [1.29, 1.82) is 0 Å². The number of carbonyl (C=O) groups is 1. The molecule has 0 aliphatic carbocycles. The van der Waals surface area contributed by atoms with Gasteiger partial charge in [-0.3, -0.25) is 4.79 Å². The molecular weight excluding hydrogens is 380 g/mol. The average molecular weight is 406 g/mol. The predicted molar refractivity (Wildman–Crippen MR) is 114 cm³/mol. The molecule has 0 saturated carbocycles. The summed E-state index contributed by atoms with van der Waals surface area (Å²) >= 11 is 0. The van der Waals surface area contributed by atoms with Gasteiger partial charge in [0.05, 0.1) is 7.11 Å². The van der Waals surface area contributed by atoms with Gasteiger partial charge in [-0.2, -0.15) is 4.98 Å². The second kappa shape index (κ2) is 8.98. The zero-order valence-electron chi connectivity index (χ0n) is 17.3. The molecule has 0 atom stereocenters. The largest absolute Gasteiger partial charge is 0.497 e. The van der Waals surface area contributed by atoms with Crippen molar-refractivity contribution in [3.63, 3.8) is 0 Å². The number of nitrogens with one attached hydrogen (secondary N) is 1. The van der Waals surface area contributed by atoms with E-state index >= 15 is 0 Å². The third-order valence-electron chi connectivity index (χ3n) is 5.56. The molecule has 0 bridgehead atoms. The maximum Gasteiger partial charge on any atom is 0.324 e. The van der Waals surface area contributed by atoms with Crippen molar-refractivity contribution in [3.05, 3.63) is 59.7 Å². The Morgan fingerprint density at radius 3 is 2.60 bits per heavy atom. The molecule has 156 valence electrons. The fourth-order valence-corrected chi connectivity index (χ4v) is 3.69. The van der Waals surface area contributed by atoms with Crippen molar-refractivity contribution in [2.75, 3.05) is 25.1 Å². The Kier molecular flexibility index (Phi) is 5.97. The fraction of sp³-hybridized carbons (Fsp3) is 0.348. The molecule has 1 amide bonds. The first kappa shape index (κ1) is 19.9. The number of hydrogen-bond acceptors (Lipinski definition) is 6. The molecular formula is C23H26N4O3. The first-order valence-electron chi connectivity index (χ1n) is 10.2. The van der Waals surface area contributed by atoms with Crippen LogP contribution in [0.1, 0.15) is 24.0 Å². The highest BCUT2D eigenvalue weighted by atomic mass is 16.5. The van der Waals surface area contributed by atoms with E-state index in [1.807, 2.05) is 55.5 Å². The van der Waals surface area contributed by atoms with Gasteiger partial charge in [0.2, 0.25) is 11.7 Å². The van der Waals surface area contributed by atoms with Crippen molar-refractivity contribution in [3.8, 4) is 17.1 Å². The van der Waals surface area contributed by atoms with E-state index in [1.165, 1.54) is 0 Å². The van der Waals surface area contributed by atoms with Gasteiger partial charge in [-0.15, -0.1) is 0 Å². The number of methoxy groups -OCH3 is 1. The Bertz CT molecular complexity index is 992. The third kappa shape index (κ3) is 4.45. The van der Waals surface area contributed by atoms with Crippen LogP contribution < -0.4 is 15.0 Å². The Balaban J connectivity index is 1.29. The van der Waals surface area contributed by atoms with Gasteiger partial charge in [0.15, 0.2) is 0 Å².